The normalized spacial score (nSPS) is 15.4. The highest BCUT2D eigenvalue weighted by molar-refractivity contribution is 7.98. The first kappa shape index (κ1) is 31.2. The van der Waals surface area contributed by atoms with Crippen molar-refractivity contribution >= 4 is 39.4 Å². The molecule has 0 unspecified atom stereocenters. The van der Waals surface area contributed by atoms with Crippen molar-refractivity contribution in [1.29, 1.82) is 0 Å². The van der Waals surface area contributed by atoms with Crippen molar-refractivity contribution in [1.82, 2.24) is 15.1 Å². The number of carboxylic acids is 2. The maximum absolute atomic E-state index is 12.4. The molecular formula is C26H34N4O8S2. The summed E-state index contributed by atoms with van der Waals surface area (Å²) < 4.78 is 39.0. The number of rotatable bonds is 12. The molecule has 3 N–H and O–H groups in total. The summed E-state index contributed by atoms with van der Waals surface area (Å²) in [5.41, 5.74) is 1.28. The number of sulfonamides is 1. The first-order valence-electron chi connectivity index (χ1n) is 12.9. The molecule has 0 spiro atoms. The zero-order valence-electron chi connectivity index (χ0n) is 22.0. The molecule has 1 aromatic heterocycles. The molecule has 218 valence electrons. The lowest BCUT2D eigenvalue weighted by Gasteiger charge is -2.26. The lowest BCUT2D eigenvalue weighted by atomic mass is 10.1. The van der Waals surface area contributed by atoms with Gasteiger partial charge in [0.2, 0.25) is 21.8 Å². The molecule has 12 nitrogen and oxygen atoms in total. The van der Waals surface area contributed by atoms with E-state index in [0.29, 0.717) is 36.4 Å². The van der Waals surface area contributed by atoms with Crippen molar-refractivity contribution in [2.75, 3.05) is 42.5 Å². The minimum atomic E-state index is -3.39. The summed E-state index contributed by atoms with van der Waals surface area (Å²) in [6.07, 6.45) is 11.9. The minimum absolute atomic E-state index is 0.0960. The Balaban J connectivity index is 0.000000663. The van der Waals surface area contributed by atoms with Gasteiger partial charge in [-0.1, -0.05) is 12.5 Å². The Morgan fingerprint density at radius 1 is 1.05 bits per heavy atom. The van der Waals surface area contributed by atoms with Crippen LogP contribution >= 0.6 is 11.8 Å². The highest BCUT2D eigenvalue weighted by Gasteiger charge is 2.16. The number of hydrogen-bond donors (Lipinski definition) is 3. The van der Waals surface area contributed by atoms with Gasteiger partial charge < -0.3 is 24.3 Å². The quantitative estimate of drug-likeness (QED) is 0.241. The van der Waals surface area contributed by atoms with Gasteiger partial charge in [0.25, 0.3) is 0 Å². The first-order valence-corrected chi connectivity index (χ1v) is 15.7. The number of allylic oxidation sites excluding steroid dienone is 3. The summed E-state index contributed by atoms with van der Waals surface area (Å²) in [6.45, 7) is 3.17. The molecule has 0 saturated carbocycles. The van der Waals surface area contributed by atoms with E-state index in [0.717, 1.165) is 55.8 Å². The molecule has 1 aliphatic carbocycles. The van der Waals surface area contributed by atoms with Gasteiger partial charge in [-0.05, 0) is 75.2 Å². The van der Waals surface area contributed by atoms with Crippen LogP contribution in [0.15, 0.2) is 52.7 Å². The number of carbonyl (C=O) groups is 2. The second kappa shape index (κ2) is 16.0. The number of aromatic nitrogens is 2. The van der Waals surface area contributed by atoms with Crippen LogP contribution in [0, 0.1) is 0 Å². The zero-order chi connectivity index (χ0) is 28.8. The molecule has 0 radical (unpaired) electrons. The summed E-state index contributed by atoms with van der Waals surface area (Å²) >= 11 is 1.67. The van der Waals surface area contributed by atoms with E-state index in [1.807, 2.05) is 6.08 Å². The molecular weight excluding hydrogens is 560 g/mol. The zero-order valence-corrected chi connectivity index (χ0v) is 23.7. The topological polar surface area (TPSA) is 172 Å². The average Bonchev–Trinajstić information content (AvgIpc) is 3.42. The van der Waals surface area contributed by atoms with E-state index in [9.17, 15) is 8.42 Å². The Labute approximate surface area is 237 Å². The number of benzene rings is 1. The van der Waals surface area contributed by atoms with Crippen LogP contribution in [0.2, 0.25) is 0 Å². The van der Waals surface area contributed by atoms with E-state index >= 15 is 0 Å². The van der Waals surface area contributed by atoms with Crippen molar-refractivity contribution in [3.05, 3.63) is 54.1 Å². The van der Waals surface area contributed by atoms with Gasteiger partial charge in [-0.15, -0.1) is 22.0 Å². The van der Waals surface area contributed by atoms with Crippen LogP contribution in [0.4, 0.5) is 5.69 Å². The molecule has 0 atom stereocenters. The fraction of sp³-hybridized carbons (Fsp3) is 0.462. The van der Waals surface area contributed by atoms with Crippen LogP contribution in [0.5, 0.6) is 0 Å². The highest BCUT2D eigenvalue weighted by atomic mass is 32.2. The number of carboxylic acid groups (broad SMARTS) is 2. The Bertz CT molecular complexity index is 1260. The predicted octanol–water partition coefficient (Wildman–Crippen LogP) is 3.60. The molecule has 2 aliphatic rings. The maximum Gasteiger partial charge on any atom is 0.414 e. The van der Waals surface area contributed by atoms with Gasteiger partial charge >= 0.3 is 11.9 Å². The second-order valence-corrected chi connectivity index (χ2v) is 11.9. The van der Waals surface area contributed by atoms with E-state index in [1.165, 1.54) is 6.42 Å². The molecule has 14 heteroatoms. The average molecular weight is 595 g/mol. The SMILES string of the molecule is O=C(O)C(=O)O.O=S(=O)(CCN1CCCCC1)Nc1ccc(-c2nnc(CSCCOC3=CCCC=C3)o2)cc1. The molecule has 40 heavy (non-hydrogen) atoms. The smallest absolute Gasteiger partial charge is 0.414 e. The number of nitrogens with one attached hydrogen (secondary N) is 1. The minimum Gasteiger partial charge on any atom is -0.493 e. The van der Waals surface area contributed by atoms with E-state index in [4.69, 9.17) is 29.0 Å². The van der Waals surface area contributed by atoms with Crippen molar-refractivity contribution in [2.45, 2.75) is 37.9 Å². The number of nitrogens with zero attached hydrogens (tertiary/aromatic N) is 3. The van der Waals surface area contributed by atoms with Crippen molar-refractivity contribution in [2.24, 2.45) is 0 Å². The number of ether oxygens (including phenoxy) is 1. The van der Waals surface area contributed by atoms with Crippen LogP contribution in [0.25, 0.3) is 11.5 Å². The monoisotopic (exact) mass is 594 g/mol. The van der Waals surface area contributed by atoms with Gasteiger partial charge in [-0.25, -0.2) is 18.0 Å². The van der Waals surface area contributed by atoms with Crippen LogP contribution in [-0.4, -0.2) is 83.4 Å². The molecule has 2 heterocycles. The second-order valence-electron chi connectivity index (χ2n) is 9.00. The molecule has 1 fully saturated rings. The third-order valence-corrected chi connectivity index (χ3v) is 8.04. The molecule has 0 bridgehead atoms. The molecule has 2 aromatic rings. The van der Waals surface area contributed by atoms with Crippen LogP contribution in [0.3, 0.4) is 0 Å². The number of anilines is 1. The molecule has 0 amide bonds. The Morgan fingerprint density at radius 2 is 1.77 bits per heavy atom. The van der Waals surface area contributed by atoms with E-state index in [1.54, 1.807) is 36.0 Å². The summed E-state index contributed by atoms with van der Waals surface area (Å²) in [7, 11) is -3.39. The number of likely N-dealkylation sites (tertiary alicyclic amines) is 1. The summed E-state index contributed by atoms with van der Waals surface area (Å²) in [5, 5.41) is 23.0. The highest BCUT2D eigenvalue weighted by Crippen LogP contribution is 2.22. The van der Waals surface area contributed by atoms with E-state index in [2.05, 4.69) is 32.0 Å². The summed E-state index contributed by atoms with van der Waals surface area (Å²) in [6, 6.07) is 7.01. The van der Waals surface area contributed by atoms with Crippen molar-refractivity contribution < 1.29 is 37.4 Å². The molecule has 1 saturated heterocycles. The predicted molar refractivity (Wildman–Crippen MR) is 151 cm³/mol. The summed E-state index contributed by atoms with van der Waals surface area (Å²) in [4.78, 5) is 20.4. The van der Waals surface area contributed by atoms with Gasteiger partial charge in [-0.3, -0.25) is 4.72 Å². The Morgan fingerprint density at radius 3 is 2.42 bits per heavy atom. The van der Waals surface area contributed by atoms with Crippen LogP contribution in [-0.2, 0) is 30.1 Å². The first-order chi connectivity index (χ1) is 19.2. The Hall–Kier alpha value is -3.36. The number of thioether (sulfide) groups is 1. The van der Waals surface area contributed by atoms with Gasteiger partial charge in [0.15, 0.2) is 0 Å². The fourth-order valence-electron chi connectivity index (χ4n) is 3.85. The standard InChI is InChI=1S/C24H32N4O4S2.C2H2O4/c29-34(30,18-15-28-13-5-2-6-14-28)27-21-11-9-20(10-12-21)24-26-25-23(32-24)19-33-17-16-31-22-7-3-1-4-8-22;3-1(4)2(5)6/h3,7-12,27H,1-2,4-6,13-19H2;(H,3,4)(H,5,6). The molecule has 1 aromatic carbocycles. The number of piperidine rings is 1. The maximum atomic E-state index is 12.4. The van der Waals surface area contributed by atoms with Crippen LogP contribution < -0.4 is 4.72 Å². The largest absolute Gasteiger partial charge is 0.493 e. The number of aliphatic carboxylic acids is 2. The fourth-order valence-corrected chi connectivity index (χ4v) is 5.58. The molecule has 1 aliphatic heterocycles. The van der Waals surface area contributed by atoms with Gasteiger partial charge in [-0.2, -0.15) is 0 Å². The third-order valence-electron chi connectivity index (χ3n) is 5.86. The van der Waals surface area contributed by atoms with E-state index in [-0.39, 0.29) is 5.75 Å². The van der Waals surface area contributed by atoms with Crippen molar-refractivity contribution in [3.8, 4) is 11.5 Å². The number of hydrogen-bond acceptors (Lipinski definition) is 10. The third kappa shape index (κ3) is 11.4. The molecule has 4 rings (SSSR count). The van der Waals surface area contributed by atoms with Crippen LogP contribution in [0.1, 0.15) is 38.0 Å². The summed E-state index contributed by atoms with van der Waals surface area (Å²) in [5.74, 6) is -0.193. The van der Waals surface area contributed by atoms with Gasteiger partial charge in [0.1, 0.15) is 5.76 Å². The van der Waals surface area contributed by atoms with E-state index < -0.39 is 22.0 Å². The lowest BCUT2D eigenvalue weighted by Crippen LogP contribution is -2.35. The Kier molecular flexibility index (Phi) is 12.5. The lowest BCUT2D eigenvalue weighted by molar-refractivity contribution is -0.159. The van der Waals surface area contributed by atoms with Gasteiger partial charge in [0, 0.05) is 23.5 Å². The van der Waals surface area contributed by atoms with Crippen molar-refractivity contribution in [3.63, 3.8) is 0 Å². The van der Waals surface area contributed by atoms with Gasteiger partial charge in [0.05, 0.1) is 18.1 Å².